The molecule has 1 fully saturated rings. The number of hydrogen-bond donors (Lipinski definition) is 1. The Morgan fingerprint density at radius 3 is 2.83 bits per heavy atom. The molecule has 0 bridgehead atoms. The van der Waals surface area contributed by atoms with Gasteiger partial charge in [-0.1, -0.05) is 29.8 Å². The second-order valence-corrected chi connectivity index (χ2v) is 9.61. The van der Waals surface area contributed by atoms with Crippen molar-refractivity contribution in [2.45, 2.75) is 64.2 Å². The average molecular weight is 522 g/mol. The Morgan fingerprint density at radius 2 is 2.11 bits per heavy atom. The highest BCUT2D eigenvalue weighted by molar-refractivity contribution is 6.30. The van der Waals surface area contributed by atoms with Crippen LogP contribution in [0.2, 0.25) is 5.02 Å². The molecule has 0 radical (unpaired) electrons. The molecule has 2 aromatic rings. The van der Waals surface area contributed by atoms with Crippen molar-refractivity contribution in [3.8, 4) is 5.75 Å². The zero-order valence-electron chi connectivity index (χ0n) is 21.3. The molecular weight excluding hydrogens is 485 g/mol. The van der Waals surface area contributed by atoms with Crippen LogP contribution in [0.4, 0.5) is 4.39 Å². The number of nitrogens with zero attached hydrogens (tertiary/aromatic N) is 1. The van der Waals surface area contributed by atoms with Crippen molar-refractivity contribution < 1.29 is 28.5 Å². The van der Waals surface area contributed by atoms with Gasteiger partial charge in [0.1, 0.15) is 11.6 Å². The minimum absolute atomic E-state index is 0.129. The molecule has 1 heterocycles. The largest absolute Gasteiger partial charge is 0.496 e. The van der Waals surface area contributed by atoms with E-state index in [-0.39, 0.29) is 36.2 Å². The molecule has 0 saturated carbocycles. The van der Waals surface area contributed by atoms with Crippen molar-refractivity contribution in [3.05, 3.63) is 63.9 Å². The second-order valence-electron chi connectivity index (χ2n) is 9.21. The smallest absolute Gasteiger partial charge is 0.306 e. The fraction of sp³-hybridized carbons (Fsp3) is 0.536. The standard InChI is InChI=1S/C28H37ClFNO5/c1-4-35-28(33)13-11-24-23(8-5-9-27(24)34-3)19(2)36-18-22(32)17-31-14-6-7-21(31)15-20-10-12-25(29)26(30)16-20/h5,8-10,12,16,19,21-22,32H,4,6-7,11,13-15,17-18H2,1-3H3/t19-,21+,22-/m1/s1. The first-order valence-electron chi connectivity index (χ1n) is 12.6. The molecule has 1 aliphatic heterocycles. The SMILES string of the molecule is CCOC(=O)CCc1c(OC)cccc1[C@@H](C)OC[C@H](O)CN1CCC[C@H]1Cc1ccc(Cl)c(F)c1. The van der Waals surface area contributed by atoms with Crippen molar-refractivity contribution in [1.82, 2.24) is 4.90 Å². The molecule has 1 N–H and O–H groups in total. The van der Waals surface area contributed by atoms with E-state index in [1.165, 1.54) is 6.07 Å². The van der Waals surface area contributed by atoms with Crippen LogP contribution in [0.25, 0.3) is 0 Å². The second kappa shape index (κ2) is 13.9. The summed E-state index contributed by atoms with van der Waals surface area (Å²) in [6, 6.07) is 10.9. The van der Waals surface area contributed by atoms with Crippen molar-refractivity contribution in [2.75, 3.05) is 33.4 Å². The highest BCUT2D eigenvalue weighted by Crippen LogP contribution is 2.30. The Balaban J connectivity index is 1.56. The van der Waals surface area contributed by atoms with Gasteiger partial charge in [-0.3, -0.25) is 9.69 Å². The first-order chi connectivity index (χ1) is 17.3. The van der Waals surface area contributed by atoms with E-state index in [4.69, 9.17) is 25.8 Å². The molecule has 0 spiro atoms. The van der Waals surface area contributed by atoms with Crippen LogP contribution in [0.5, 0.6) is 5.75 Å². The lowest BCUT2D eigenvalue weighted by Crippen LogP contribution is -2.39. The van der Waals surface area contributed by atoms with Crippen LogP contribution in [0.15, 0.2) is 36.4 Å². The number of aliphatic hydroxyl groups excluding tert-OH is 1. The van der Waals surface area contributed by atoms with Gasteiger partial charge in [0, 0.05) is 24.6 Å². The van der Waals surface area contributed by atoms with Gasteiger partial charge in [-0.15, -0.1) is 0 Å². The van der Waals surface area contributed by atoms with E-state index in [0.717, 1.165) is 36.1 Å². The van der Waals surface area contributed by atoms with E-state index in [1.54, 1.807) is 20.1 Å². The van der Waals surface area contributed by atoms with E-state index in [1.807, 2.05) is 31.2 Å². The summed E-state index contributed by atoms with van der Waals surface area (Å²) >= 11 is 5.81. The number of carbonyl (C=O) groups is 1. The summed E-state index contributed by atoms with van der Waals surface area (Å²) in [4.78, 5) is 14.1. The number of ether oxygens (including phenoxy) is 3. The predicted molar refractivity (Wildman–Crippen MR) is 138 cm³/mol. The first kappa shape index (κ1) is 28.4. The Hall–Kier alpha value is -2.19. The maximum Gasteiger partial charge on any atom is 0.306 e. The van der Waals surface area contributed by atoms with Gasteiger partial charge in [-0.25, -0.2) is 4.39 Å². The van der Waals surface area contributed by atoms with Crippen LogP contribution in [0, 0.1) is 5.82 Å². The van der Waals surface area contributed by atoms with Crippen LogP contribution in [-0.4, -0.2) is 61.5 Å². The normalized spacial score (nSPS) is 17.7. The molecule has 0 amide bonds. The number of benzene rings is 2. The molecule has 0 aromatic heterocycles. The number of methoxy groups -OCH3 is 1. The summed E-state index contributed by atoms with van der Waals surface area (Å²) in [6.45, 7) is 5.62. The lowest BCUT2D eigenvalue weighted by atomic mass is 9.98. The molecule has 2 aromatic carbocycles. The maximum atomic E-state index is 13.8. The molecule has 0 unspecified atom stereocenters. The first-order valence-corrected chi connectivity index (χ1v) is 13.0. The van der Waals surface area contributed by atoms with E-state index in [2.05, 4.69) is 4.90 Å². The third kappa shape index (κ3) is 7.90. The molecule has 1 saturated heterocycles. The number of halogens is 2. The summed E-state index contributed by atoms with van der Waals surface area (Å²) in [5.41, 5.74) is 2.74. The molecule has 3 atom stereocenters. The Kier molecular flexibility index (Phi) is 11.0. The zero-order chi connectivity index (χ0) is 26.1. The number of aliphatic hydroxyl groups is 1. The molecular formula is C28H37ClFNO5. The van der Waals surface area contributed by atoms with Gasteiger partial charge in [0.15, 0.2) is 0 Å². The number of esters is 1. The van der Waals surface area contributed by atoms with Crippen LogP contribution in [0.3, 0.4) is 0 Å². The van der Waals surface area contributed by atoms with Gasteiger partial charge >= 0.3 is 5.97 Å². The van der Waals surface area contributed by atoms with Gasteiger partial charge in [0.05, 0.1) is 37.6 Å². The number of carbonyl (C=O) groups excluding carboxylic acids is 1. The monoisotopic (exact) mass is 521 g/mol. The van der Waals surface area contributed by atoms with Crippen molar-refractivity contribution in [2.24, 2.45) is 0 Å². The molecule has 0 aliphatic carbocycles. The van der Waals surface area contributed by atoms with Crippen LogP contribution >= 0.6 is 11.6 Å². The average Bonchev–Trinajstić information content (AvgIpc) is 3.29. The zero-order valence-corrected chi connectivity index (χ0v) is 22.1. The summed E-state index contributed by atoms with van der Waals surface area (Å²) in [5.74, 6) is 0.0477. The maximum absolute atomic E-state index is 13.8. The van der Waals surface area contributed by atoms with Gasteiger partial charge in [0.25, 0.3) is 0 Å². The molecule has 198 valence electrons. The van der Waals surface area contributed by atoms with Crippen LogP contribution in [-0.2, 0) is 27.1 Å². The summed E-state index contributed by atoms with van der Waals surface area (Å²) in [6.07, 6.45) is 2.54. The molecule has 8 heteroatoms. The van der Waals surface area contributed by atoms with Crippen LogP contribution < -0.4 is 4.74 Å². The van der Waals surface area contributed by atoms with Crippen LogP contribution in [0.1, 0.15) is 55.9 Å². The van der Waals surface area contributed by atoms with E-state index < -0.39 is 11.9 Å². The predicted octanol–water partition coefficient (Wildman–Crippen LogP) is 5.13. The minimum atomic E-state index is -0.663. The third-order valence-electron chi connectivity index (χ3n) is 6.65. The Labute approximate surface area is 218 Å². The Bertz CT molecular complexity index is 1000. The summed E-state index contributed by atoms with van der Waals surface area (Å²) in [7, 11) is 1.60. The van der Waals surface area contributed by atoms with Gasteiger partial charge in [-0.2, -0.15) is 0 Å². The van der Waals surface area contributed by atoms with Gasteiger partial charge < -0.3 is 19.3 Å². The molecule has 6 nitrogen and oxygen atoms in total. The van der Waals surface area contributed by atoms with E-state index in [0.29, 0.717) is 31.7 Å². The topological polar surface area (TPSA) is 68.2 Å². The fourth-order valence-corrected chi connectivity index (χ4v) is 4.97. The highest BCUT2D eigenvalue weighted by atomic mass is 35.5. The summed E-state index contributed by atoms with van der Waals surface area (Å²) < 4.78 is 30.5. The van der Waals surface area contributed by atoms with Gasteiger partial charge in [-0.05, 0) is 75.4 Å². The number of hydrogen-bond acceptors (Lipinski definition) is 6. The number of likely N-dealkylation sites (tertiary alicyclic amines) is 1. The Morgan fingerprint density at radius 1 is 1.31 bits per heavy atom. The lowest BCUT2D eigenvalue weighted by Gasteiger charge is -2.28. The minimum Gasteiger partial charge on any atom is -0.496 e. The van der Waals surface area contributed by atoms with Gasteiger partial charge in [0.2, 0.25) is 0 Å². The fourth-order valence-electron chi connectivity index (χ4n) is 4.86. The lowest BCUT2D eigenvalue weighted by molar-refractivity contribution is -0.143. The quantitative estimate of drug-likeness (QED) is 0.369. The molecule has 3 rings (SSSR count). The van der Waals surface area contributed by atoms with Crippen molar-refractivity contribution in [1.29, 1.82) is 0 Å². The number of β-amino-alcohol motifs (C(OH)–C–C–N with tert-alkyl or cyclic N) is 1. The molecule has 36 heavy (non-hydrogen) atoms. The number of rotatable bonds is 13. The highest BCUT2D eigenvalue weighted by Gasteiger charge is 2.27. The third-order valence-corrected chi connectivity index (χ3v) is 6.96. The van der Waals surface area contributed by atoms with Crippen molar-refractivity contribution in [3.63, 3.8) is 0 Å². The van der Waals surface area contributed by atoms with E-state index in [9.17, 15) is 14.3 Å². The van der Waals surface area contributed by atoms with Crippen molar-refractivity contribution >= 4 is 17.6 Å². The summed E-state index contributed by atoms with van der Waals surface area (Å²) in [5, 5.41) is 10.9. The molecule has 1 aliphatic rings. The van der Waals surface area contributed by atoms with E-state index >= 15 is 0 Å².